The lowest BCUT2D eigenvalue weighted by Crippen LogP contribution is -2.34. The third kappa shape index (κ3) is 3.72. The van der Waals surface area contributed by atoms with Gasteiger partial charge in [-0.05, 0) is 62.0 Å². The van der Waals surface area contributed by atoms with Gasteiger partial charge in [-0.15, -0.1) is 11.3 Å². The number of anilines is 1. The Kier molecular flexibility index (Phi) is 5.15. The fourth-order valence-electron chi connectivity index (χ4n) is 3.05. The first-order valence-electron chi connectivity index (χ1n) is 8.09. The van der Waals surface area contributed by atoms with Gasteiger partial charge < -0.3 is 11.1 Å². The molecule has 0 spiro atoms. The SMILES string of the molecule is Cc1ccccc1C(=O)NC(=S)Nc1sc2c(c1C(N)=O)CCCC2. The van der Waals surface area contributed by atoms with Crippen molar-refractivity contribution in [2.45, 2.75) is 32.6 Å². The summed E-state index contributed by atoms with van der Waals surface area (Å²) in [5.74, 6) is -0.743. The number of fused-ring (bicyclic) bond motifs is 1. The molecule has 5 nitrogen and oxygen atoms in total. The van der Waals surface area contributed by atoms with Crippen LogP contribution in [-0.2, 0) is 12.8 Å². The minimum Gasteiger partial charge on any atom is -0.365 e. The van der Waals surface area contributed by atoms with E-state index in [1.54, 1.807) is 12.1 Å². The van der Waals surface area contributed by atoms with Gasteiger partial charge in [0.25, 0.3) is 11.8 Å². The zero-order chi connectivity index (χ0) is 18.0. The Balaban J connectivity index is 1.77. The van der Waals surface area contributed by atoms with E-state index in [0.717, 1.165) is 36.8 Å². The van der Waals surface area contributed by atoms with Crippen molar-refractivity contribution in [1.82, 2.24) is 5.32 Å². The Labute approximate surface area is 155 Å². The van der Waals surface area contributed by atoms with E-state index < -0.39 is 5.91 Å². The van der Waals surface area contributed by atoms with Crippen LogP contribution in [0.2, 0.25) is 0 Å². The number of thiocarbonyl (C=S) groups is 1. The molecule has 130 valence electrons. The van der Waals surface area contributed by atoms with Crippen molar-refractivity contribution in [2.24, 2.45) is 5.73 Å². The van der Waals surface area contributed by atoms with Crippen molar-refractivity contribution in [2.75, 3.05) is 5.32 Å². The maximum atomic E-state index is 12.4. The molecule has 0 fully saturated rings. The number of hydrogen-bond donors (Lipinski definition) is 3. The van der Waals surface area contributed by atoms with Crippen molar-refractivity contribution in [3.05, 3.63) is 51.4 Å². The molecule has 1 aliphatic carbocycles. The highest BCUT2D eigenvalue weighted by molar-refractivity contribution is 7.80. The topological polar surface area (TPSA) is 84.2 Å². The Morgan fingerprint density at radius 3 is 2.64 bits per heavy atom. The molecule has 1 aromatic carbocycles. The molecule has 7 heteroatoms. The monoisotopic (exact) mass is 373 g/mol. The Bertz CT molecular complexity index is 858. The highest BCUT2D eigenvalue weighted by Crippen LogP contribution is 2.37. The normalized spacial score (nSPS) is 13.0. The quantitative estimate of drug-likeness (QED) is 0.722. The van der Waals surface area contributed by atoms with Gasteiger partial charge in [-0.1, -0.05) is 18.2 Å². The number of carbonyl (C=O) groups excluding carboxylic acids is 2. The van der Waals surface area contributed by atoms with Crippen molar-refractivity contribution in [3.63, 3.8) is 0 Å². The molecule has 3 rings (SSSR count). The third-order valence-electron chi connectivity index (χ3n) is 4.26. The van der Waals surface area contributed by atoms with Crippen molar-refractivity contribution in [1.29, 1.82) is 0 Å². The molecule has 0 aliphatic heterocycles. The summed E-state index contributed by atoms with van der Waals surface area (Å²) < 4.78 is 0. The number of nitrogens with one attached hydrogen (secondary N) is 2. The van der Waals surface area contributed by atoms with E-state index in [9.17, 15) is 9.59 Å². The summed E-state index contributed by atoms with van der Waals surface area (Å²) in [6, 6.07) is 7.28. The minimum absolute atomic E-state index is 0.161. The smallest absolute Gasteiger partial charge is 0.257 e. The van der Waals surface area contributed by atoms with Gasteiger partial charge in [0.15, 0.2) is 5.11 Å². The van der Waals surface area contributed by atoms with Gasteiger partial charge in [-0.2, -0.15) is 0 Å². The molecule has 2 aromatic rings. The molecule has 2 amide bonds. The average Bonchev–Trinajstić information content (AvgIpc) is 2.92. The molecule has 0 unspecified atom stereocenters. The number of carbonyl (C=O) groups is 2. The van der Waals surface area contributed by atoms with Crippen molar-refractivity contribution >= 4 is 45.5 Å². The molecule has 0 saturated heterocycles. The maximum Gasteiger partial charge on any atom is 0.257 e. The van der Waals surface area contributed by atoms with Crippen LogP contribution >= 0.6 is 23.6 Å². The summed E-state index contributed by atoms with van der Waals surface area (Å²) in [5, 5.41) is 6.44. The summed E-state index contributed by atoms with van der Waals surface area (Å²) in [6.45, 7) is 1.86. The van der Waals surface area contributed by atoms with E-state index in [1.165, 1.54) is 16.2 Å². The van der Waals surface area contributed by atoms with Gasteiger partial charge in [0.2, 0.25) is 0 Å². The van der Waals surface area contributed by atoms with Gasteiger partial charge in [-0.3, -0.25) is 14.9 Å². The summed E-state index contributed by atoms with van der Waals surface area (Å²) in [5.41, 5.74) is 8.53. The van der Waals surface area contributed by atoms with Crippen LogP contribution in [0.15, 0.2) is 24.3 Å². The highest BCUT2D eigenvalue weighted by Gasteiger charge is 2.24. The van der Waals surface area contributed by atoms with Gasteiger partial charge in [-0.25, -0.2) is 0 Å². The predicted octanol–water partition coefficient (Wildman–Crippen LogP) is 3.16. The Morgan fingerprint density at radius 1 is 1.20 bits per heavy atom. The lowest BCUT2D eigenvalue weighted by molar-refractivity contribution is 0.0975. The molecule has 0 radical (unpaired) electrons. The average molecular weight is 374 g/mol. The van der Waals surface area contributed by atoms with E-state index in [-0.39, 0.29) is 11.0 Å². The number of hydrogen-bond acceptors (Lipinski definition) is 4. The van der Waals surface area contributed by atoms with Gasteiger partial charge in [0, 0.05) is 10.4 Å². The van der Waals surface area contributed by atoms with Crippen LogP contribution in [0.5, 0.6) is 0 Å². The molecule has 1 aliphatic rings. The summed E-state index contributed by atoms with van der Waals surface area (Å²) in [4.78, 5) is 25.4. The molecule has 0 saturated carbocycles. The maximum absolute atomic E-state index is 12.4. The van der Waals surface area contributed by atoms with Gasteiger partial charge in [0.05, 0.1) is 5.56 Å². The fraction of sp³-hybridized carbons (Fsp3) is 0.278. The first-order chi connectivity index (χ1) is 12.0. The van der Waals surface area contributed by atoms with Crippen LogP contribution in [0, 0.1) is 6.92 Å². The number of primary amides is 1. The summed E-state index contributed by atoms with van der Waals surface area (Å²) in [6.07, 6.45) is 3.97. The number of benzene rings is 1. The standard InChI is InChI=1S/C18H19N3O2S2/c1-10-6-2-3-7-11(10)16(23)20-18(24)21-17-14(15(19)22)12-8-4-5-9-13(12)25-17/h2-3,6-7H,4-5,8-9H2,1H3,(H2,19,22)(H2,20,21,23,24). The van der Waals surface area contributed by atoms with Crippen LogP contribution in [0.4, 0.5) is 5.00 Å². The summed E-state index contributed by atoms with van der Waals surface area (Å²) in [7, 11) is 0. The second-order valence-corrected chi connectivity index (χ2v) is 7.52. The molecule has 4 N–H and O–H groups in total. The molecule has 0 atom stereocenters. The van der Waals surface area contributed by atoms with E-state index in [4.69, 9.17) is 18.0 Å². The second kappa shape index (κ2) is 7.33. The first kappa shape index (κ1) is 17.6. The van der Waals surface area contributed by atoms with Crippen molar-refractivity contribution in [3.8, 4) is 0 Å². The molecule has 0 bridgehead atoms. The molecular formula is C18H19N3O2S2. The number of rotatable bonds is 3. The third-order valence-corrected chi connectivity index (χ3v) is 5.67. The Hall–Kier alpha value is -2.25. The van der Waals surface area contributed by atoms with Crippen LogP contribution in [0.3, 0.4) is 0 Å². The predicted molar refractivity (Wildman–Crippen MR) is 104 cm³/mol. The van der Waals surface area contributed by atoms with Crippen LogP contribution in [-0.4, -0.2) is 16.9 Å². The van der Waals surface area contributed by atoms with Crippen LogP contribution in [0.25, 0.3) is 0 Å². The lowest BCUT2D eigenvalue weighted by Gasteiger charge is -2.12. The lowest BCUT2D eigenvalue weighted by atomic mass is 9.95. The fourth-order valence-corrected chi connectivity index (χ4v) is 4.61. The number of aryl methyl sites for hydroxylation is 2. The zero-order valence-electron chi connectivity index (χ0n) is 13.8. The summed E-state index contributed by atoms with van der Waals surface area (Å²) >= 11 is 6.75. The second-order valence-electron chi connectivity index (χ2n) is 6.00. The van der Waals surface area contributed by atoms with Crippen LogP contribution in [0.1, 0.15) is 49.6 Å². The van der Waals surface area contributed by atoms with Crippen LogP contribution < -0.4 is 16.4 Å². The zero-order valence-corrected chi connectivity index (χ0v) is 15.5. The number of thiophene rings is 1. The molecule has 1 heterocycles. The van der Waals surface area contributed by atoms with E-state index in [2.05, 4.69) is 10.6 Å². The molecule has 25 heavy (non-hydrogen) atoms. The largest absolute Gasteiger partial charge is 0.365 e. The number of nitrogens with two attached hydrogens (primary N) is 1. The van der Waals surface area contributed by atoms with E-state index in [0.29, 0.717) is 16.1 Å². The molecule has 1 aromatic heterocycles. The Morgan fingerprint density at radius 2 is 1.92 bits per heavy atom. The van der Waals surface area contributed by atoms with Crippen molar-refractivity contribution < 1.29 is 9.59 Å². The number of amides is 2. The highest BCUT2D eigenvalue weighted by atomic mass is 32.1. The van der Waals surface area contributed by atoms with Gasteiger partial charge >= 0.3 is 0 Å². The molecular weight excluding hydrogens is 354 g/mol. The minimum atomic E-state index is -0.463. The van der Waals surface area contributed by atoms with Gasteiger partial charge in [0.1, 0.15) is 5.00 Å². The van der Waals surface area contributed by atoms with E-state index >= 15 is 0 Å². The van der Waals surface area contributed by atoms with E-state index in [1.807, 2.05) is 19.1 Å². The first-order valence-corrected chi connectivity index (χ1v) is 9.32.